The highest BCUT2D eigenvalue weighted by Gasteiger charge is 2.76. The van der Waals surface area contributed by atoms with Crippen LogP contribution in [0.25, 0.3) is 0 Å². The zero-order valence-electron chi connectivity index (χ0n) is 17.8. The highest BCUT2D eigenvalue weighted by atomic mass is 19.4. The standard InChI is InChI=1S/C19H20F6O9/c1-16(2,3)34-15(30)32-12-7-4-6-9(13(28)31-11(6)12)10(7)14(29)33-17(5-8(26)27,18(20,21)22)19(23,24)25/h6-7,9-12H,4-5H2,1-3H3,(H,26,27)/p-1. The van der Waals surface area contributed by atoms with Crippen molar-refractivity contribution in [2.45, 2.75) is 69.4 Å². The third kappa shape index (κ3) is 4.24. The maximum absolute atomic E-state index is 13.5. The molecule has 0 aromatic heterocycles. The first kappa shape index (κ1) is 25.9. The number of fused-ring (bicyclic) bond motifs is 1. The zero-order chi connectivity index (χ0) is 26.0. The lowest BCUT2D eigenvalue weighted by molar-refractivity contribution is -0.382. The van der Waals surface area contributed by atoms with Crippen LogP contribution in [0.4, 0.5) is 31.1 Å². The first-order valence-electron chi connectivity index (χ1n) is 9.95. The molecule has 2 bridgehead atoms. The lowest BCUT2D eigenvalue weighted by atomic mass is 9.78. The van der Waals surface area contributed by atoms with Gasteiger partial charge in [0.05, 0.1) is 11.8 Å². The minimum Gasteiger partial charge on any atom is -0.550 e. The Morgan fingerprint density at radius 3 is 2.03 bits per heavy atom. The number of rotatable bonds is 5. The van der Waals surface area contributed by atoms with Gasteiger partial charge in [-0.25, -0.2) is 4.79 Å². The number of ether oxygens (including phenoxy) is 4. The minimum atomic E-state index is -6.39. The van der Waals surface area contributed by atoms with Crippen LogP contribution in [-0.4, -0.2) is 59.8 Å². The molecule has 6 atom stereocenters. The zero-order valence-corrected chi connectivity index (χ0v) is 17.8. The summed E-state index contributed by atoms with van der Waals surface area (Å²) in [5.74, 6) is -11.4. The molecule has 0 N–H and O–H groups in total. The van der Waals surface area contributed by atoms with Gasteiger partial charge in [-0.05, 0) is 27.2 Å². The molecule has 9 nitrogen and oxygen atoms in total. The van der Waals surface area contributed by atoms with Crippen molar-refractivity contribution in [3.8, 4) is 0 Å². The van der Waals surface area contributed by atoms with Gasteiger partial charge in [-0.3, -0.25) is 9.59 Å². The molecule has 0 aromatic carbocycles. The molecule has 192 valence electrons. The molecule has 1 heterocycles. The number of carbonyl (C=O) groups excluding carboxylic acids is 4. The van der Waals surface area contributed by atoms with Crippen LogP contribution in [0.1, 0.15) is 33.6 Å². The lowest BCUT2D eigenvalue weighted by Gasteiger charge is -2.38. The maximum atomic E-state index is 13.5. The molecule has 3 rings (SSSR count). The summed E-state index contributed by atoms with van der Waals surface area (Å²) in [7, 11) is 0. The molecular weight excluding hydrogens is 486 g/mol. The molecule has 0 radical (unpaired) electrons. The summed E-state index contributed by atoms with van der Waals surface area (Å²) >= 11 is 0. The summed E-state index contributed by atoms with van der Waals surface area (Å²) < 4.78 is 99.8. The van der Waals surface area contributed by atoms with Crippen LogP contribution in [-0.2, 0) is 33.3 Å². The fourth-order valence-corrected chi connectivity index (χ4v) is 4.81. The van der Waals surface area contributed by atoms with Crippen LogP contribution in [0.15, 0.2) is 0 Å². The van der Waals surface area contributed by atoms with Crippen molar-refractivity contribution in [3.63, 3.8) is 0 Å². The van der Waals surface area contributed by atoms with E-state index in [2.05, 4.69) is 4.74 Å². The van der Waals surface area contributed by atoms with Crippen molar-refractivity contribution in [2.75, 3.05) is 0 Å². The summed E-state index contributed by atoms with van der Waals surface area (Å²) in [6.07, 6.45) is -19.3. The van der Waals surface area contributed by atoms with Crippen LogP contribution in [0, 0.1) is 23.7 Å². The Morgan fingerprint density at radius 1 is 1.00 bits per heavy atom. The van der Waals surface area contributed by atoms with Gasteiger partial charge in [0.15, 0.2) is 0 Å². The summed E-state index contributed by atoms with van der Waals surface area (Å²) in [5, 5.41) is 10.8. The molecule has 34 heavy (non-hydrogen) atoms. The smallest absolute Gasteiger partial charge is 0.509 e. The first-order chi connectivity index (χ1) is 15.3. The summed E-state index contributed by atoms with van der Waals surface area (Å²) in [6, 6.07) is 0. The monoisotopic (exact) mass is 505 g/mol. The Kier molecular flexibility index (Phi) is 6.01. The molecule has 0 amide bonds. The second kappa shape index (κ2) is 7.90. The van der Waals surface area contributed by atoms with E-state index in [9.17, 15) is 50.6 Å². The Morgan fingerprint density at radius 2 is 1.56 bits per heavy atom. The average Bonchev–Trinajstić information content (AvgIpc) is 3.20. The highest BCUT2D eigenvalue weighted by molar-refractivity contribution is 5.86. The van der Waals surface area contributed by atoms with Crippen molar-refractivity contribution in [3.05, 3.63) is 0 Å². The average molecular weight is 505 g/mol. The fraction of sp³-hybridized carbons (Fsp3) is 0.789. The van der Waals surface area contributed by atoms with E-state index in [4.69, 9.17) is 14.2 Å². The van der Waals surface area contributed by atoms with Crippen molar-refractivity contribution >= 4 is 24.1 Å². The second-order valence-corrected chi connectivity index (χ2v) is 9.36. The fourth-order valence-electron chi connectivity index (χ4n) is 4.81. The predicted molar refractivity (Wildman–Crippen MR) is 90.1 cm³/mol. The number of hydrogen-bond donors (Lipinski definition) is 0. The number of esters is 2. The number of carboxylic acid groups (broad SMARTS) is 1. The molecule has 15 heteroatoms. The largest absolute Gasteiger partial charge is 0.550 e. The molecule has 1 saturated heterocycles. The van der Waals surface area contributed by atoms with Gasteiger partial charge in [0.2, 0.25) is 0 Å². The molecule has 3 fully saturated rings. The number of carboxylic acids is 1. The maximum Gasteiger partial charge on any atom is 0.509 e. The molecule has 0 aromatic rings. The summed E-state index contributed by atoms with van der Waals surface area (Å²) in [6.45, 7) is 4.48. The van der Waals surface area contributed by atoms with Crippen LogP contribution >= 0.6 is 0 Å². The SMILES string of the molecule is CC(C)(C)OC(=O)OC1C2CC3C1OC(=O)C3C2C(=O)OC(CC(=O)[O-])(C(F)(F)F)C(F)(F)F. The number of hydrogen-bond acceptors (Lipinski definition) is 9. The lowest BCUT2D eigenvalue weighted by Crippen LogP contribution is -2.62. The molecule has 6 unspecified atom stereocenters. The Balaban J connectivity index is 1.92. The van der Waals surface area contributed by atoms with Gasteiger partial charge in [-0.15, -0.1) is 0 Å². The first-order valence-corrected chi connectivity index (χ1v) is 9.95. The Bertz CT molecular complexity index is 876. The molecule has 3 aliphatic rings. The molecular formula is C19H19F6O9-. The van der Waals surface area contributed by atoms with E-state index in [-0.39, 0.29) is 6.42 Å². The van der Waals surface area contributed by atoms with Gasteiger partial charge < -0.3 is 28.8 Å². The van der Waals surface area contributed by atoms with Crippen molar-refractivity contribution in [1.29, 1.82) is 0 Å². The van der Waals surface area contributed by atoms with Gasteiger partial charge in [-0.2, -0.15) is 26.3 Å². The van der Waals surface area contributed by atoms with Gasteiger partial charge in [-0.1, -0.05) is 0 Å². The van der Waals surface area contributed by atoms with Crippen molar-refractivity contribution in [2.24, 2.45) is 23.7 Å². The van der Waals surface area contributed by atoms with Gasteiger partial charge >= 0.3 is 36.0 Å². The van der Waals surface area contributed by atoms with Gasteiger partial charge in [0.25, 0.3) is 0 Å². The van der Waals surface area contributed by atoms with Crippen LogP contribution in [0.2, 0.25) is 0 Å². The number of carbonyl (C=O) groups is 4. The van der Waals surface area contributed by atoms with E-state index in [1.807, 2.05) is 0 Å². The van der Waals surface area contributed by atoms with E-state index in [1.165, 1.54) is 20.8 Å². The second-order valence-electron chi connectivity index (χ2n) is 9.36. The number of halogens is 6. The molecule has 2 saturated carbocycles. The van der Waals surface area contributed by atoms with E-state index in [1.54, 1.807) is 0 Å². The molecule has 1 aliphatic heterocycles. The van der Waals surface area contributed by atoms with E-state index in [0.717, 1.165) is 0 Å². The van der Waals surface area contributed by atoms with Gasteiger partial charge in [0.1, 0.15) is 17.8 Å². The highest BCUT2D eigenvalue weighted by Crippen LogP contribution is 2.60. The summed E-state index contributed by atoms with van der Waals surface area (Å²) in [5.41, 5.74) is -6.44. The van der Waals surface area contributed by atoms with Crippen LogP contribution in [0.5, 0.6) is 0 Å². The predicted octanol–water partition coefficient (Wildman–Crippen LogP) is 1.66. The van der Waals surface area contributed by atoms with Crippen LogP contribution < -0.4 is 5.11 Å². The van der Waals surface area contributed by atoms with Gasteiger partial charge in [0, 0.05) is 24.2 Å². The van der Waals surface area contributed by atoms with E-state index < -0.39 is 89.9 Å². The number of aliphatic carboxylic acids is 1. The third-order valence-electron chi connectivity index (χ3n) is 6.02. The third-order valence-corrected chi connectivity index (χ3v) is 6.02. The van der Waals surface area contributed by atoms with E-state index in [0.29, 0.717) is 0 Å². The van der Waals surface area contributed by atoms with Crippen molar-refractivity contribution < 1.29 is 69.6 Å². The molecule has 2 aliphatic carbocycles. The number of alkyl halides is 6. The van der Waals surface area contributed by atoms with Crippen LogP contribution in [0.3, 0.4) is 0 Å². The Hall–Kier alpha value is -2.74. The normalized spacial score (nSPS) is 30.7. The quantitative estimate of drug-likeness (QED) is 0.311. The van der Waals surface area contributed by atoms with E-state index >= 15 is 0 Å². The van der Waals surface area contributed by atoms with Crippen molar-refractivity contribution in [1.82, 2.24) is 0 Å². The minimum absolute atomic E-state index is 0.0974. The molecule has 0 spiro atoms. The Labute approximate surface area is 187 Å². The topological polar surface area (TPSA) is 128 Å². The summed E-state index contributed by atoms with van der Waals surface area (Å²) in [4.78, 5) is 47.8.